The largest absolute Gasteiger partial charge is 0.493 e. The van der Waals surface area contributed by atoms with Crippen LogP contribution in [0.25, 0.3) is 0 Å². The van der Waals surface area contributed by atoms with Crippen LogP contribution in [0.3, 0.4) is 0 Å². The molecular weight excluding hydrogens is 360 g/mol. The van der Waals surface area contributed by atoms with E-state index in [1.54, 1.807) is 42.5 Å². The molecule has 0 amide bonds. The summed E-state index contributed by atoms with van der Waals surface area (Å²) in [6, 6.07) is 12.3. The van der Waals surface area contributed by atoms with Crippen molar-refractivity contribution in [2.45, 2.75) is 58.3 Å². The highest BCUT2D eigenvalue weighted by atomic mass is 16.5. The molecule has 0 bridgehead atoms. The summed E-state index contributed by atoms with van der Waals surface area (Å²) in [5.41, 5.74) is 1.78. The summed E-state index contributed by atoms with van der Waals surface area (Å²) in [6.07, 6.45) is 14.0. The van der Waals surface area contributed by atoms with Gasteiger partial charge in [-0.05, 0) is 31.7 Å². The quantitative estimate of drug-likeness (QED) is 0.276. The van der Waals surface area contributed by atoms with Crippen LogP contribution in [-0.4, -0.2) is 18.2 Å². The smallest absolute Gasteiger partial charge is 0.198 e. The van der Waals surface area contributed by atoms with Gasteiger partial charge in [-0.15, -0.1) is 0 Å². The molecule has 0 aliphatic heterocycles. The van der Waals surface area contributed by atoms with Gasteiger partial charge in [0.25, 0.3) is 0 Å². The van der Waals surface area contributed by atoms with E-state index in [0.29, 0.717) is 34.6 Å². The Morgan fingerprint density at radius 1 is 0.724 bits per heavy atom. The number of allylic oxidation sites excluding steroid dienone is 2. The molecule has 0 aromatic heterocycles. The third-order valence-corrected chi connectivity index (χ3v) is 5.33. The molecule has 0 fully saturated rings. The predicted octanol–water partition coefficient (Wildman–Crippen LogP) is 6.54. The lowest BCUT2D eigenvalue weighted by Crippen LogP contribution is -2.21. The average molecular weight is 391 g/mol. The van der Waals surface area contributed by atoms with E-state index in [4.69, 9.17) is 4.74 Å². The second kappa shape index (κ2) is 10.8. The molecule has 0 radical (unpaired) electrons. The number of benzene rings is 2. The Hall–Kier alpha value is -2.68. The summed E-state index contributed by atoms with van der Waals surface area (Å²) in [5, 5.41) is 0. The van der Waals surface area contributed by atoms with Gasteiger partial charge in [0.2, 0.25) is 0 Å². The fourth-order valence-electron chi connectivity index (χ4n) is 3.72. The van der Waals surface area contributed by atoms with Gasteiger partial charge in [0.15, 0.2) is 11.6 Å². The molecule has 3 nitrogen and oxygen atoms in total. The first kappa shape index (κ1) is 21.0. The van der Waals surface area contributed by atoms with Crippen LogP contribution < -0.4 is 4.74 Å². The van der Waals surface area contributed by atoms with Crippen molar-refractivity contribution in [2.24, 2.45) is 0 Å². The zero-order valence-electron chi connectivity index (χ0n) is 17.3. The van der Waals surface area contributed by atoms with Crippen molar-refractivity contribution < 1.29 is 14.3 Å². The predicted molar refractivity (Wildman–Crippen MR) is 117 cm³/mol. The molecule has 1 aliphatic carbocycles. The van der Waals surface area contributed by atoms with Crippen LogP contribution in [0.15, 0.2) is 54.6 Å². The molecule has 0 N–H and O–H groups in total. The van der Waals surface area contributed by atoms with Crippen LogP contribution >= 0.6 is 0 Å². The molecule has 0 saturated heterocycles. The van der Waals surface area contributed by atoms with Crippen molar-refractivity contribution in [1.29, 1.82) is 0 Å². The Balaban J connectivity index is 1.51. The lowest BCUT2D eigenvalue weighted by Gasteiger charge is -2.20. The molecule has 3 heteroatoms. The van der Waals surface area contributed by atoms with Gasteiger partial charge < -0.3 is 4.74 Å². The van der Waals surface area contributed by atoms with Crippen LogP contribution in [0.2, 0.25) is 0 Å². The van der Waals surface area contributed by atoms with Gasteiger partial charge in [0.1, 0.15) is 5.75 Å². The highest BCUT2D eigenvalue weighted by Crippen LogP contribution is 2.33. The topological polar surface area (TPSA) is 43.4 Å². The first-order chi connectivity index (χ1) is 14.2. The molecule has 3 rings (SSSR count). The third-order valence-electron chi connectivity index (χ3n) is 5.33. The Kier molecular flexibility index (Phi) is 7.80. The summed E-state index contributed by atoms with van der Waals surface area (Å²) in [5.74, 6) is 0.270. The fraction of sp³-hybridized carbons (Fsp3) is 0.385. The molecule has 2 aromatic rings. The van der Waals surface area contributed by atoms with Gasteiger partial charge in [-0.1, -0.05) is 81.2 Å². The van der Waals surface area contributed by atoms with E-state index in [1.165, 1.54) is 32.1 Å². The van der Waals surface area contributed by atoms with E-state index in [2.05, 4.69) is 19.1 Å². The van der Waals surface area contributed by atoms with E-state index in [-0.39, 0.29) is 11.6 Å². The minimum Gasteiger partial charge on any atom is -0.493 e. The Morgan fingerprint density at radius 2 is 1.38 bits per heavy atom. The second-order valence-corrected chi connectivity index (χ2v) is 7.55. The number of unbranched alkanes of at least 4 members (excludes halogenated alkanes) is 6. The number of carbonyl (C=O) groups excluding carboxylic acids is 2. The Morgan fingerprint density at radius 3 is 2.14 bits per heavy atom. The summed E-state index contributed by atoms with van der Waals surface area (Å²) in [4.78, 5) is 25.7. The highest BCUT2D eigenvalue weighted by molar-refractivity contribution is 6.29. The van der Waals surface area contributed by atoms with Crippen molar-refractivity contribution >= 4 is 11.6 Å². The maximum Gasteiger partial charge on any atom is 0.198 e. The zero-order valence-corrected chi connectivity index (χ0v) is 17.3. The second-order valence-electron chi connectivity index (χ2n) is 7.55. The maximum atomic E-state index is 12.9. The van der Waals surface area contributed by atoms with Crippen LogP contribution in [-0.2, 0) is 0 Å². The average Bonchev–Trinajstić information content (AvgIpc) is 2.75. The van der Waals surface area contributed by atoms with Crippen LogP contribution in [0.4, 0.5) is 0 Å². The molecule has 152 valence electrons. The molecule has 0 heterocycles. The number of ketones is 2. The third kappa shape index (κ3) is 5.23. The number of carbonyl (C=O) groups is 2. The zero-order chi connectivity index (χ0) is 20.5. The van der Waals surface area contributed by atoms with Crippen LogP contribution in [0.1, 0.15) is 90.1 Å². The summed E-state index contributed by atoms with van der Waals surface area (Å²) < 4.78 is 5.90. The Bertz CT molecular complexity index is 879. The van der Waals surface area contributed by atoms with Crippen molar-refractivity contribution in [3.8, 4) is 5.75 Å². The lowest BCUT2D eigenvalue weighted by molar-refractivity contribution is 0.0975. The molecule has 29 heavy (non-hydrogen) atoms. The highest BCUT2D eigenvalue weighted by Gasteiger charge is 2.31. The Labute approximate surface area is 173 Å². The standard InChI is InChI=1S/C26H30O3/c1-2-3-4-5-6-7-8-9-10-13-19-29-23-18-14-17-22-24(23)26(28)21-16-12-11-15-20(21)25(22)27/h8-9,11-12,14-18H,2-7,10,13,19H2,1H3/b9-8-. The van der Waals surface area contributed by atoms with Gasteiger partial charge in [0.05, 0.1) is 12.2 Å². The van der Waals surface area contributed by atoms with Gasteiger partial charge >= 0.3 is 0 Å². The number of fused-ring (bicyclic) bond motifs is 2. The molecule has 0 saturated carbocycles. The molecule has 0 unspecified atom stereocenters. The number of hydrogen-bond acceptors (Lipinski definition) is 3. The van der Waals surface area contributed by atoms with Gasteiger partial charge in [-0.3, -0.25) is 9.59 Å². The van der Waals surface area contributed by atoms with Crippen LogP contribution in [0.5, 0.6) is 5.75 Å². The molecular formula is C26H30O3. The number of rotatable bonds is 11. The van der Waals surface area contributed by atoms with E-state index >= 15 is 0 Å². The van der Waals surface area contributed by atoms with Crippen molar-refractivity contribution in [1.82, 2.24) is 0 Å². The maximum absolute atomic E-state index is 12.9. The summed E-state index contributed by atoms with van der Waals surface area (Å²) in [7, 11) is 0. The SMILES string of the molecule is CCCCCCC/C=C\CCCOc1cccc2c1C(=O)c1ccccc1C2=O. The van der Waals surface area contributed by atoms with Crippen LogP contribution in [0, 0.1) is 0 Å². The lowest BCUT2D eigenvalue weighted by atomic mass is 9.83. The minimum absolute atomic E-state index is 0.109. The number of hydrogen-bond donors (Lipinski definition) is 0. The first-order valence-electron chi connectivity index (χ1n) is 10.8. The van der Waals surface area contributed by atoms with E-state index in [9.17, 15) is 9.59 Å². The molecule has 1 aliphatic rings. The molecule has 2 aromatic carbocycles. The summed E-state index contributed by atoms with van der Waals surface area (Å²) in [6.45, 7) is 2.76. The first-order valence-corrected chi connectivity index (χ1v) is 10.8. The van der Waals surface area contributed by atoms with E-state index < -0.39 is 0 Å². The minimum atomic E-state index is -0.131. The van der Waals surface area contributed by atoms with Gasteiger partial charge in [-0.2, -0.15) is 0 Å². The normalized spacial score (nSPS) is 12.9. The van der Waals surface area contributed by atoms with Gasteiger partial charge in [-0.25, -0.2) is 0 Å². The molecule has 0 spiro atoms. The summed E-state index contributed by atoms with van der Waals surface area (Å²) >= 11 is 0. The van der Waals surface area contributed by atoms with Crippen molar-refractivity contribution in [3.05, 3.63) is 76.9 Å². The van der Waals surface area contributed by atoms with E-state index in [1.807, 2.05) is 0 Å². The van der Waals surface area contributed by atoms with Crippen molar-refractivity contribution in [3.63, 3.8) is 0 Å². The fourth-order valence-corrected chi connectivity index (χ4v) is 3.72. The van der Waals surface area contributed by atoms with E-state index in [0.717, 1.165) is 19.3 Å². The molecule has 0 atom stereocenters. The number of ether oxygens (including phenoxy) is 1. The van der Waals surface area contributed by atoms with Crippen molar-refractivity contribution in [2.75, 3.05) is 6.61 Å². The monoisotopic (exact) mass is 390 g/mol. The van der Waals surface area contributed by atoms with Gasteiger partial charge in [0, 0.05) is 16.7 Å².